The zero-order valence-electron chi connectivity index (χ0n) is 12.0. The van der Waals surface area contributed by atoms with Crippen molar-refractivity contribution < 1.29 is 22.7 Å². The molecule has 2 rings (SSSR count). The quantitative estimate of drug-likeness (QED) is 0.728. The van der Waals surface area contributed by atoms with E-state index in [1.54, 1.807) is 0 Å². The van der Waals surface area contributed by atoms with E-state index in [1.807, 2.05) is 0 Å². The Morgan fingerprint density at radius 2 is 1.86 bits per heavy atom. The summed E-state index contributed by atoms with van der Waals surface area (Å²) in [5.74, 6) is -1.01. The average molecular weight is 327 g/mol. The predicted octanol–water partition coefficient (Wildman–Crippen LogP) is -0.512. The van der Waals surface area contributed by atoms with Gasteiger partial charge in [-0.25, -0.2) is 8.42 Å². The van der Waals surface area contributed by atoms with Gasteiger partial charge in [0.1, 0.15) is 0 Å². The Morgan fingerprint density at radius 3 is 2.50 bits per heavy atom. The van der Waals surface area contributed by atoms with Crippen LogP contribution >= 0.6 is 0 Å². The highest BCUT2D eigenvalue weighted by Gasteiger charge is 2.26. The second kappa shape index (κ2) is 6.86. The monoisotopic (exact) mass is 327 g/mol. The normalized spacial score (nSPS) is 16.0. The Kier molecular flexibility index (Phi) is 5.11. The number of morpholine rings is 1. The highest BCUT2D eigenvalue weighted by Crippen LogP contribution is 2.18. The number of sulfonamides is 1. The van der Waals surface area contributed by atoms with E-state index in [4.69, 9.17) is 4.74 Å². The summed E-state index contributed by atoms with van der Waals surface area (Å²) in [5, 5.41) is 0. The fourth-order valence-corrected chi connectivity index (χ4v) is 3.41. The fraction of sp³-hybridized carbons (Fsp3) is 0.385. The van der Waals surface area contributed by atoms with Crippen molar-refractivity contribution in [1.29, 1.82) is 0 Å². The van der Waals surface area contributed by atoms with E-state index in [1.165, 1.54) is 35.5 Å². The lowest BCUT2D eigenvalue weighted by atomic mass is 10.2. The molecule has 1 aromatic carbocycles. The summed E-state index contributed by atoms with van der Waals surface area (Å²) in [6, 6.07) is 5.66. The first kappa shape index (κ1) is 16.4. The SMILES string of the molecule is CC(=O)NNC(=O)c1cccc(S(=O)(=O)N2CCOCC2)c1. The average Bonchev–Trinajstić information content (AvgIpc) is 2.53. The number of benzene rings is 1. The Hall–Kier alpha value is -1.97. The van der Waals surface area contributed by atoms with Crippen LogP contribution in [0.2, 0.25) is 0 Å². The number of amides is 2. The van der Waals surface area contributed by atoms with Crippen LogP contribution in [-0.2, 0) is 19.6 Å². The third kappa shape index (κ3) is 3.81. The van der Waals surface area contributed by atoms with Crippen LogP contribution in [0.4, 0.5) is 0 Å². The number of carbonyl (C=O) groups is 2. The first-order chi connectivity index (χ1) is 10.4. The van der Waals surface area contributed by atoms with Gasteiger partial charge in [0.25, 0.3) is 5.91 Å². The number of hydrazine groups is 1. The van der Waals surface area contributed by atoms with E-state index < -0.39 is 21.8 Å². The molecule has 120 valence electrons. The van der Waals surface area contributed by atoms with Gasteiger partial charge in [0.15, 0.2) is 0 Å². The molecule has 1 heterocycles. The molecule has 0 unspecified atom stereocenters. The van der Waals surface area contributed by atoms with Gasteiger partial charge >= 0.3 is 0 Å². The van der Waals surface area contributed by atoms with E-state index in [-0.39, 0.29) is 23.5 Å². The van der Waals surface area contributed by atoms with E-state index in [0.29, 0.717) is 13.2 Å². The molecule has 9 heteroatoms. The predicted molar refractivity (Wildman–Crippen MR) is 77.3 cm³/mol. The molecular formula is C13H17N3O5S. The van der Waals surface area contributed by atoms with Gasteiger partial charge in [-0.05, 0) is 18.2 Å². The smallest absolute Gasteiger partial charge is 0.269 e. The van der Waals surface area contributed by atoms with Gasteiger partial charge in [0.05, 0.1) is 18.1 Å². The fourth-order valence-electron chi connectivity index (χ4n) is 1.95. The largest absolute Gasteiger partial charge is 0.379 e. The second-order valence-corrected chi connectivity index (χ2v) is 6.62. The van der Waals surface area contributed by atoms with Crippen molar-refractivity contribution in [3.8, 4) is 0 Å². The summed E-state index contributed by atoms with van der Waals surface area (Å²) in [4.78, 5) is 22.7. The number of rotatable bonds is 3. The van der Waals surface area contributed by atoms with Crippen molar-refractivity contribution in [2.24, 2.45) is 0 Å². The molecule has 1 saturated heterocycles. The molecule has 1 fully saturated rings. The molecule has 0 spiro atoms. The molecule has 1 aliphatic rings. The van der Waals surface area contributed by atoms with E-state index in [9.17, 15) is 18.0 Å². The standard InChI is InChI=1S/C13H17N3O5S/c1-10(17)14-15-13(18)11-3-2-4-12(9-11)22(19,20)16-5-7-21-8-6-16/h2-4,9H,5-8H2,1H3,(H,14,17)(H,15,18). The zero-order chi connectivity index (χ0) is 16.2. The number of hydrogen-bond donors (Lipinski definition) is 2. The Morgan fingerprint density at radius 1 is 1.18 bits per heavy atom. The molecule has 0 aliphatic carbocycles. The maximum atomic E-state index is 12.5. The van der Waals surface area contributed by atoms with Crippen LogP contribution < -0.4 is 10.9 Å². The van der Waals surface area contributed by atoms with Gasteiger partial charge in [-0.2, -0.15) is 4.31 Å². The summed E-state index contributed by atoms with van der Waals surface area (Å²) in [7, 11) is -3.66. The number of nitrogens with one attached hydrogen (secondary N) is 2. The molecule has 1 aliphatic heterocycles. The van der Waals surface area contributed by atoms with E-state index in [2.05, 4.69) is 10.9 Å². The third-order valence-electron chi connectivity index (χ3n) is 3.06. The molecule has 0 bridgehead atoms. The first-order valence-corrected chi connectivity index (χ1v) is 8.10. The van der Waals surface area contributed by atoms with Crippen LogP contribution in [0.25, 0.3) is 0 Å². The third-order valence-corrected chi connectivity index (χ3v) is 4.95. The maximum Gasteiger partial charge on any atom is 0.269 e. The highest BCUT2D eigenvalue weighted by atomic mass is 32.2. The van der Waals surface area contributed by atoms with Crippen molar-refractivity contribution in [2.75, 3.05) is 26.3 Å². The molecular weight excluding hydrogens is 310 g/mol. The number of ether oxygens (including phenoxy) is 1. The molecule has 0 aromatic heterocycles. The van der Waals surface area contributed by atoms with Gasteiger partial charge in [-0.1, -0.05) is 6.07 Å². The molecule has 2 amide bonds. The van der Waals surface area contributed by atoms with Gasteiger partial charge < -0.3 is 4.74 Å². The van der Waals surface area contributed by atoms with Crippen molar-refractivity contribution in [3.05, 3.63) is 29.8 Å². The molecule has 0 atom stereocenters. The lowest BCUT2D eigenvalue weighted by Gasteiger charge is -2.26. The van der Waals surface area contributed by atoms with Gasteiger partial charge in [0, 0.05) is 25.6 Å². The Bertz CT molecular complexity index is 668. The molecule has 2 N–H and O–H groups in total. The zero-order valence-corrected chi connectivity index (χ0v) is 12.9. The van der Waals surface area contributed by atoms with Gasteiger partial charge in [-0.15, -0.1) is 0 Å². The summed E-state index contributed by atoms with van der Waals surface area (Å²) in [5.41, 5.74) is 4.48. The van der Waals surface area contributed by atoms with E-state index in [0.717, 1.165) is 0 Å². The number of nitrogens with zero attached hydrogens (tertiary/aromatic N) is 1. The summed E-state index contributed by atoms with van der Waals surface area (Å²) in [6.07, 6.45) is 0. The second-order valence-electron chi connectivity index (χ2n) is 4.68. The van der Waals surface area contributed by atoms with Gasteiger partial charge in [-0.3, -0.25) is 20.4 Å². The minimum Gasteiger partial charge on any atom is -0.379 e. The topological polar surface area (TPSA) is 105 Å². The number of hydrogen-bond acceptors (Lipinski definition) is 5. The van der Waals surface area contributed by atoms with Crippen LogP contribution in [0, 0.1) is 0 Å². The van der Waals surface area contributed by atoms with Crippen LogP contribution in [0.15, 0.2) is 29.2 Å². The Labute approximate surface area is 128 Å². The molecule has 22 heavy (non-hydrogen) atoms. The van der Waals surface area contributed by atoms with Gasteiger partial charge in [0.2, 0.25) is 15.9 Å². The summed E-state index contributed by atoms with van der Waals surface area (Å²) < 4.78 is 31.5. The van der Waals surface area contributed by atoms with Crippen LogP contribution in [-0.4, -0.2) is 50.8 Å². The molecule has 8 nitrogen and oxygen atoms in total. The van der Waals surface area contributed by atoms with Crippen LogP contribution in [0.1, 0.15) is 17.3 Å². The van der Waals surface area contributed by atoms with Crippen molar-refractivity contribution in [2.45, 2.75) is 11.8 Å². The lowest BCUT2D eigenvalue weighted by Crippen LogP contribution is -2.41. The highest BCUT2D eigenvalue weighted by molar-refractivity contribution is 7.89. The minimum atomic E-state index is -3.66. The van der Waals surface area contributed by atoms with Crippen LogP contribution in [0.3, 0.4) is 0 Å². The first-order valence-electron chi connectivity index (χ1n) is 6.66. The minimum absolute atomic E-state index is 0.0323. The molecule has 0 radical (unpaired) electrons. The number of carbonyl (C=O) groups excluding carboxylic acids is 2. The van der Waals surface area contributed by atoms with E-state index >= 15 is 0 Å². The Balaban J connectivity index is 2.20. The van der Waals surface area contributed by atoms with Crippen molar-refractivity contribution in [1.82, 2.24) is 15.2 Å². The van der Waals surface area contributed by atoms with Crippen molar-refractivity contribution >= 4 is 21.8 Å². The molecule has 0 saturated carbocycles. The lowest BCUT2D eigenvalue weighted by molar-refractivity contribution is -0.119. The summed E-state index contributed by atoms with van der Waals surface area (Å²) in [6.45, 7) is 2.51. The van der Waals surface area contributed by atoms with Crippen molar-refractivity contribution in [3.63, 3.8) is 0 Å². The maximum absolute atomic E-state index is 12.5. The molecule has 1 aromatic rings. The summed E-state index contributed by atoms with van der Waals surface area (Å²) >= 11 is 0. The van der Waals surface area contributed by atoms with Crippen LogP contribution in [0.5, 0.6) is 0 Å².